The summed E-state index contributed by atoms with van der Waals surface area (Å²) in [6.45, 7) is 1.39. The Hall–Kier alpha value is -2.62. The van der Waals surface area contributed by atoms with Gasteiger partial charge in [0.15, 0.2) is 6.17 Å². The van der Waals surface area contributed by atoms with Crippen molar-refractivity contribution in [3.8, 4) is 0 Å². The molecular formula is C16H16N2O2. The molecule has 0 heterocycles. The number of rotatable bonds is 5. The molecule has 1 amide bonds. The van der Waals surface area contributed by atoms with Gasteiger partial charge in [0.05, 0.1) is 0 Å². The molecule has 0 saturated heterocycles. The van der Waals surface area contributed by atoms with Crippen molar-refractivity contribution < 1.29 is 9.59 Å². The standard InChI is InChI=1S/C16H16N2O2/c1-12(19)17-16(18-14-10-6-3-7-11-14)15(20)13-8-4-2-5-9-13/h2-11,16,18H,1H3,(H,17,19)/t16-/m0/s1. The second-order valence-electron chi connectivity index (χ2n) is 4.37. The molecule has 1 atom stereocenters. The lowest BCUT2D eigenvalue weighted by Gasteiger charge is -2.19. The molecule has 4 nitrogen and oxygen atoms in total. The van der Waals surface area contributed by atoms with E-state index in [1.165, 1.54) is 6.92 Å². The van der Waals surface area contributed by atoms with Crippen LogP contribution in [-0.2, 0) is 4.79 Å². The first-order chi connectivity index (χ1) is 9.66. The number of hydrogen-bond donors (Lipinski definition) is 2. The maximum atomic E-state index is 12.4. The lowest BCUT2D eigenvalue weighted by molar-refractivity contribution is -0.119. The van der Waals surface area contributed by atoms with Gasteiger partial charge in [0, 0.05) is 18.2 Å². The Bertz CT molecular complexity index is 582. The summed E-state index contributed by atoms with van der Waals surface area (Å²) in [5, 5.41) is 5.65. The van der Waals surface area contributed by atoms with Crippen molar-refractivity contribution in [1.29, 1.82) is 0 Å². The van der Waals surface area contributed by atoms with Gasteiger partial charge in [-0.05, 0) is 12.1 Å². The molecule has 0 unspecified atom stereocenters. The van der Waals surface area contributed by atoms with Crippen molar-refractivity contribution in [1.82, 2.24) is 5.32 Å². The van der Waals surface area contributed by atoms with Crippen molar-refractivity contribution in [2.75, 3.05) is 5.32 Å². The Labute approximate surface area is 117 Å². The van der Waals surface area contributed by atoms with E-state index in [-0.39, 0.29) is 11.7 Å². The number of nitrogens with one attached hydrogen (secondary N) is 2. The van der Waals surface area contributed by atoms with E-state index in [2.05, 4.69) is 10.6 Å². The molecule has 2 rings (SSSR count). The number of benzene rings is 2. The Balaban J connectivity index is 2.19. The van der Waals surface area contributed by atoms with E-state index in [0.717, 1.165) is 5.69 Å². The van der Waals surface area contributed by atoms with E-state index in [1.807, 2.05) is 36.4 Å². The number of hydrogen-bond acceptors (Lipinski definition) is 3. The van der Waals surface area contributed by atoms with Gasteiger partial charge in [0.2, 0.25) is 11.7 Å². The second kappa shape index (κ2) is 6.52. The van der Waals surface area contributed by atoms with E-state index >= 15 is 0 Å². The number of Topliss-reactive ketones (excluding diaryl/α,β-unsaturated/α-hetero) is 1. The highest BCUT2D eigenvalue weighted by atomic mass is 16.2. The summed E-state index contributed by atoms with van der Waals surface area (Å²) in [4.78, 5) is 23.7. The van der Waals surface area contributed by atoms with Crippen LogP contribution in [0.25, 0.3) is 0 Å². The Morgan fingerprint density at radius 2 is 1.45 bits per heavy atom. The zero-order valence-corrected chi connectivity index (χ0v) is 11.2. The molecule has 0 spiro atoms. The van der Waals surface area contributed by atoms with Gasteiger partial charge < -0.3 is 10.6 Å². The van der Waals surface area contributed by atoms with E-state index < -0.39 is 6.17 Å². The monoisotopic (exact) mass is 268 g/mol. The fourth-order valence-electron chi connectivity index (χ4n) is 1.84. The summed E-state index contributed by atoms with van der Waals surface area (Å²) >= 11 is 0. The maximum absolute atomic E-state index is 12.4. The quantitative estimate of drug-likeness (QED) is 0.647. The van der Waals surface area contributed by atoms with Crippen LogP contribution in [-0.4, -0.2) is 17.9 Å². The first-order valence-electron chi connectivity index (χ1n) is 6.35. The molecule has 0 aromatic heterocycles. The van der Waals surface area contributed by atoms with Crippen LogP contribution in [0.5, 0.6) is 0 Å². The molecule has 2 aromatic rings. The minimum Gasteiger partial charge on any atom is -0.359 e. The number of carbonyl (C=O) groups is 2. The minimum absolute atomic E-state index is 0.176. The molecule has 0 bridgehead atoms. The van der Waals surface area contributed by atoms with Crippen LogP contribution in [0, 0.1) is 0 Å². The predicted octanol–water partition coefficient (Wildman–Crippen LogP) is 2.44. The molecule has 2 N–H and O–H groups in total. The molecule has 102 valence electrons. The van der Waals surface area contributed by atoms with Gasteiger partial charge in [-0.25, -0.2) is 0 Å². The molecule has 0 saturated carbocycles. The number of para-hydroxylation sites is 1. The van der Waals surface area contributed by atoms with Crippen LogP contribution in [0.4, 0.5) is 5.69 Å². The zero-order chi connectivity index (χ0) is 14.4. The number of anilines is 1. The molecule has 0 aliphatic rings. The summed E-state index contributed by atoms with van der Waals surface area (Å²) in [7, 11) is 0. The average Bonchev–Trinajstić information content (AvgIpc) is 2.47. The molecule has 0 aliphatic carbocycles. The van der Waals surface area contributed by atoms with Crippen molar-refractivity contribution in [2.24, 2.45) is 0 Å². The third kappa shape index (κ3) is 3.68. The van der Waals surface area contributed by atoms with Gasteiger partial charge in [0.1, 0.15) is 0 Å². The number of carbonyl (C=O) groups excluding carboxylic acids is 2. The molecule has 0 fully saturated rings. The molecule has 0 radical (unpaired) electrons. The van der Waals surface area contributed by atoms with Gasteiger partial charge >= 0.3 is 0 Å². The van der Waals surface area contributed by atoms with Crippen molar-refractivity contribution in [3.63, 3.8) is 0 Å². The van der Waals surface area contributed by atoms with Gasteiger partial charge in [-0.2, -0.15) is 0 Å². The Kier molecular flexibility index (Phi) is 4.50. The highest BCUT2D eigenvalue weighted by Gasteiger charge is 2.20. The molecule has 20 heavy (non-hydrogen) atoms. The second-order valence-corrected chi connectivity index (χ2v) is 4.37. The normalized spacial score (nSPS) is 11.4. The van der Waals surface area contributed by atoms with Gasteiger partial charge in [-0.3, -0.25) is 9.59 Å². The van der Waals surface area contributed by atoms with Crippen molar-refractivity contribution >= 4 is 17.4 Å². The van der Waals surface area contributed by atoms with Crippen LogP contribution in [0.1, 0.15) is 17.3 Å². The lowest BCUT2D eigenvalue weighted by atomic mass is 10.1. The fourth-order valence-corrected chi connectivity index (χ4v) is 1.84. The van der Waals surface area contributed by atoms with E-state index in [9.17, 15) is 9.59 Å². The third-order valence-electron chi connectivity index (χ3n) is 2.75. The van der Waals surface area contributed by atoms with Gasteiger partial charge in [-0.1, -0.05) is 48.5 Å². The van der Waals surface area contributed by atoms with E-state index in [1.54, 1.807) is 24.3 Å². The molecule has 4 heteroatoms. The van der Waals surface area contributed by atoms with E-state index in [4.69, 9.17) is 0 Å². The maximum Gasteiger partial charge on any atom is 0.218 e. The topological polar surface area (TPSA) is 58.2 Å². The number of ketones is 1. The van der Waals surface area contributed by atoms with Gasteiger partial charge in [-0.15, -0.1) is 0 Å². The smallest absolute Gasteiger partial charge is 0.218 e. The first-order valence-corrected chi connectivity index (χ1v) is 6.35. The fraction of sp³-hybridized carbons (Fsp3) is 0.125. The Morgan fingerprint density at radius 3 is 2.00 bits per heavy atom. The first kappa shape index (κ1) is 13.8. The average molecular weight is 268 g/mol. The highest BCUT2D eigenvalue weighted by Crippen LogP contribution is 2.10. The van der Waals surface area contributed by atoms with Crippen LogP contribution in [0.2, 0.25) is 0 Å². The molecular weight excluding hydrogens is 252 g/mol. The molecule has 0 aliphatic heterocycles. The predicted molar refractivity (Wildman–Crippen MR) is 78.4 cm³/mol. The van der Waals surface area contributed by atoms with E-state index in [0.29, 0.717) is 5.56 Å². The van der Waals surface area contributed by atoms with Crippen molar-refractivity contribution in [3.05, 3.63) is 66.2 Å². The number of amides is 1. The summed E-state index contributed by atoms with van der Waals surface area (Å²) in [5.74, 6) is -0.438. The largest absolute Gasteiger partial charge is 0.359 e. The van der Waals surface area contributed by atoms with Crippen LogP contribution in [0.3, 0.4) is 0 Å². The summed E-state index contributed by atoms with van der Waals surface area (Å²) in [6.07, 6.45) is -0.780. The Morgan fingerprint density at radius 1 is 0.900 bits per heavy atom. The zero-order valence-electron chi connectivity index (χ0n) is 11.2. The van der Waals surface area contributed by atoms with Crippen LogP contribution in [0.15, 0.2) is 60.7 Å². The molecule has 2 aromatic carbocycles. The van der Waals surface area contributed by atoms with Crippen LogP contribution >= 0.6 is 0 Å². The van der Waals surface area contributed by atoms with Crippen molar-refractivity contribution in [2.45, 2.75) is 13.1 Å². The summed E-state index contributed by atoms with van der Waals surface area (Å²) in [6, 6.07) is 18.2. The van der Waals surface area contributed by atoms with Crippen LogP contribution < -0.4 is 10.6 Å². The van der Waals surface area contributed by atoms with Gasteiger partial charge in [0.25, 0.3) is 0 Å². The summed E-state index contributed by atoms with van der Waals surface area (Å²) < 4.78 is 0. The summed E-state index contributed by atoms with van der Waals surface area (Å²) in [5.41, 5.74) is 1.32. The minimum atomic E-state index is -0.780. The SMILES string of the molecule is CC(=O)N[C@@H](Nc1ccccc1)C(=O)c1ccccc1. The highest BCUT2D eigenvalue weighted by molar-refractivity contribution is 6.03. The lowest BCUT2D eigenvalue weighted by Crippen LogP contribution is -2.45. The third-order valence-corrected chi connectivity index (χ3v) is 2.75.